The van der Waals surface area contributed by atoms with Gasteiger partial charge in [-0.2, -0.15) is 0 Å². The van der Waals surface area contributed by atoms with Crippen LogP contribution in [0.15, 0.2) is 0 Å². The molecule has 0 fully saturated rings. The minimum atomic E-state index is -0.224. The van der Waals surface area contributed by atoms with Gasteiger partial charge in [0, 0.05) is 0 Å². The quantitative estimate of drug-likeness (QED) is 0.526. The molecule has 0 saturated carbocycles. The Balaban J connectivity index is 2.63. The fourth-order valence-electron chi connectivity index (χ4n) is 0.447. The van der Waals surface area contributed by atoms with E-state index in [4.69, 9.17) is 0 Å². The molecule has 0 unspecified atom stereocenters. The fourth-order valence-corrected chi connectivity index (χ4v) is 2.32. The van der Waals surface area contributed by atoms with E-state index in [1.54, 1.807) is 0 Å². The van der Waals surface area contributed by atoms with Gasteiger partial charge in [-0.05, 0) is 0 Å². The molecule has 0 heterocycles. The Bertz CT molecular complexity index is 25.1. The molecule has 0 aliphatic heterocycles. The topological polar surface area (TPSA) is 0 Å². The predicted octanol–water partition coefficient (Wildman–Crippen LogP) is 2.15. The Morgan fingerprint density at radius 1 is 1.33 bits per heavy atom. The molecule has 0 spiro atoms. The normalized spacial score (nSPS) is 10.0. The predicted molar refractivity (Wildman–Crippen MR) is 32.6 cm³/mol. The second-order valence-electron chi connectivity index (χ2n) is 1.80. The second kappa shape index (κ2) is 3.74. The Morgan fingerprint density at radius 3 is 1.83 bits per heavy atom. The molecule has 38 valence electrons. The molecule has 0 aromatic rings. The van der Waals surface area contributed by atoms with Crippen molar-refractivity contribution in [3.8, 4) is 0 Å². The Morgan fingerprint density at radius 2 is 1.83 bits per heavy atom. The summed E-state index contributed by atoms with van der Waals surface area (Å²) in [6.45, 7) is 2.26. The molecule has 0 aromatic heterocycles. The van der Waals surface area contributed by atoms with Crippen molar-refractivity contribution < 1.29 is 0 Å². The van der Waals surface area contributed by atoms with Gasteiger partial charge in [0.1, 0.15) is 0 Å². The first-order valence-corrected chi connectivity index (χ1v) is 7.50. The van der Waals surface area contributed by atoms with E-state index in [2.05, 4.69) is 18.3 Å². The van der Waals surface area contributed by atoms with Crippen LogP contribution < -0.4 is 0 Å². The zero-order valence-electron chi connectivity index (χ0n) is 4.86. The SMILES string of the molecule is CCC[As](C)C. The summed E-state index contributed by atoms with van der Waals surface area (Å²) in [4.78, 5) is 0. The summed E-state index contributed by atoms with van der Waals surface area (Å²) in [6, 6.07) is 0. The molecular formula is C5H13As. The van der Waals surface area contributed by atoms with Crippen LogP contribution in [0.4, 0.5) is 0 Å². The Kier molecular flexibility index (Phi) is 4.09. The van der Waals surface area contributed by atoms with Gasteiger partial charge in [-0.3, -0.25) is 0 Å². The van der Waals surface area contributed by atoms with E-state index >= 15 is 0 Å². The summed E-state index contributed by atoms with van der Waals surface area (Å²) >= 11 is -0.224. The van der Waals surface area contributed by atoms with Crippen molar-refractivity contribution in [3.05, 3.63) is 0 Å². The van der Waals surface area contributed by atoms with E-state index in [-0.39, 0.29) is 14.7 Å². The van der Waals surface area contributed by atoms with E-state index in [1.807, 2.05) is 0 Å². The maximum absolute atomic E-state index is 2.40. The molecule has 0 bridgehead atoms. The molecule has 0 amide bonds. The third kappa shape index (κ3) is 4.56. The molecule has 0 aromatic carbocycles. The number of rotatable bonds is 2. The monoisotopic (exact) mass is 148 g/mol. The zero-order chi connectivity index (χ0) is 4.99. The maximum atomic E-state index is 2.40. The summed E-state index contributed by atoms with van der Waals surface area (Å²) in [6.07, 6.45) is 1.40. The van der Waals surface area contributed by atoms with Crippen LogP contribution in [0.5, 0.6) is 0 Å². The van der Waals surface area contributed by atoms with Crippen molar-refractivity contribution in [1.82, 2.24) is 0 Å². The molecule has 0 aliphatic carbocycles. The van der Waals surface area contributed by atoms with E-state index in [9.17, 15) is 0 Å². The minimum absolute atomic E-state index is 0.224. The third-order valence-corrected chi connectivity index (χ3v) is 3.49. The number of hydrogen-bond donors (Lipinski definition) is 0. The van der Waals surface area contributed by atoms with Crippen LogP contribution >= 0.6 is 0 Å². The zero-order valence-corrected chi connectivity index (χ0v) is 6.74. The van der Waals surface area contributed by atoms with Gasteiger partial charge in [0.25, 0.3) is 0 Å². The first-order valence-electron chi connectivity index (χ1n) is 2.42. The van der Waals surface area contributed by atoms with Crippen molar-refractivity contribution in [2.24, 2.45) is 0 Å². The van der Waals surface area contributed by atoms with E-state index < -0.39 is 0 Å². The third-order valence-electron chi connectivity index (χ3n) is 0.671. The van der Waals surface area contributed by atoms with Crippen LogP contribution in [0.25, 0.3) is 0 Å². The summed E-state index contributed by atoms with van der Waals surface area (Å²) < 4.78 is 0. The Labute approximate surface area is 45.2 Å². The van der Waals surface area contributed by atoms with Crippen LogP contribution in [0, 0.1) is 0 Å². The average Bonchev–Trinajstić information content (AvgIpc) is 1.35. The Hall–Kier alpha value is 0.558. The van der Waals surface area contributed by atoms with E-state index in [0.717, 1.165) is 0 Å². The molecule has 0 atom stereocenters. The fraction of sp³-hybridized carbons (Fsp3) is 1.00. The van der Waals surface area contributed by atoms with Gasteiger partial charge >= 0.3 is 44.6 Å². The summed E-state index contributed by atoms with van der Waals surface area (Å²) in [7, 11) is 0. The van der Waals surface area contributed by atoms with E-state index in [1.165, 1.54) is 11.6 Å². The molecule has 6 heavy (non-hydrogen) atoms. The van der Waals surface area contributed by atoms with Gasteiger partial charge < -0.3 is 0 Å². The molecular weight excluding hydrogens is 135 g/mol. The average molecular weight is 148 g/mol. The summed E-state index contributed by atoms with van der Waals surface area (Å²) in [5, 5.41) is 1.52. The van der Waals surface area contributed by atoms with Crippen molar-refractivity contribution in [2.75, 3.05) is 0 Å². The van der Waals surface area contributed by atoms with Crippen LogP contribution in [-0.4, -0.2) is 14.7 Å². The second-order valence-corrected chi connectivity index (χ2v) is 7.27. The van der Waals surface area contributed by atoms with Crippen molar-refractivity contribution >= 4 is 14.7 Å². The molecule has 0 radical (unpaired) electrons. The molecule has 0 N–H and O–H groups in total. The van der Waals surface area contributed by atoms with E-state index in [0.29, 0.717) is 0 Å². The van der Waals surface area contributed by atoms with Crippen molar-refractivity contribution in [3.63, 3.8) is 0 Å². The van der Waals surface area contributed by atoms with Gasteiger partial charge in [-0.15, -0.1) is 0 Å². The molecule has 0 aliphatic rings. The van der Waals surface area contributed by atoms with Gasteiger partial charge in [-0.1, -0.05) is 0 Å². The van der Waals surface area contributed by atoms with Gasteiger partial charge in [0.2, 0.25) is 0 Å². The molecule has 0 rings (SSSR count). The summed E-state index contributed by atoms with van der Waals surface area (Å²) in [5.41, 5.74) is 4.80. The van der Waals surface area contributed by atoms with Crippen molar-refractivity contribution in [1.29, 1.82) is 0 Å². The van der Waals surface area contributed by atoms with Gasteiger partial charge in [0.05, 0.1) is 0 Å². The van der Waals surface area contributed by atoms with Crippen LogP contribution in [0.2, 0.25) is 16.6 Å². The molecule has 1 heteroatoms. The first kappa shape index (κ1) is 6.56. The first-order chi connectivity index (χ1) is 2.77. The van der Waals surface area contributed by atoms with Crippen LogP contribution in [-0.2, 0) is 0 Å². The van der Waals surface area contributed by atoms with Crippen LogP contribution in [0.3, 0.4) is 0 Å². The van der Waals surface area contributed by atoms with Gasteiger partial charge in [0.15, 0.2) is 0 Å². The van der Waals surface area contributed by atoms with Crippen LogP contribution in [0.1, 0.15) is 13.3 Å². The van der Waals surface area contributed by atoms with Gasteiger partial charge in [-0.25, -0.2) is 0 Å². The standard InChI is InChI=1S/C5H13As/c1-4-5-6(2)3/h4-5H2,1-3H3. The summed E-state index contributed by atoms with van der Waals surface area (Å²) in [5.74, 6) is 0. The molecule has 0 saturated heterocycles. The number of hydrogen-bond acceptors (Lipinski definition) is 0. The van der Waals surface area contributed by atoms with Crippen molar-refractivity contribution in [2.45, 2.75) is 30.0 Å². The molecule has 0 nitrogen and oxygen atoms in total.